The van der Waals surface area contributed by atoms with Gasteiger partial charge in [-0.1, -0.05) is 56.0 Å². The zero-order valence-electron chi connectivity index (χ0n) is 16.4. The fraction of sp³-hybridized carbons (Fsp3) is 0.478. The monoisotopic (exact) mass is 378 g/mol. The van der Waals surface area contributed by atoms with E-state index >= 15 is 0 Å². The fourth-order valence-electron chi connectivity index (χ4n) is 4.36. The van der Waals surface area contributed by atoms with E-state index < -0.39 is 0 Å². The molecule has 5 heteroatoms. The number of carbonyl (C=O) groups is 1. The number of nitrogens with one attached hydrogen (secondary N) is 2. The van der Waals surface area contributed by atoms with Gasteiger partial charge in [0, 0.05) is 37.9 Å². The first-order valence-electron chi connectivity index (χ1n) is 10.6. The lowest BCUT2D eigenvalue weighted by molar-refractivity contribution is 0.0933. The Morgan fingerprint density at radius 2 is 1.82 bits per heavy atom. The van der Waals surface area contributed by atoms with Crippen molar-refractivity contribution in [2.75, 3.05) is 24.5 Å². The second-order valence-electron chi connectivity index (χ2n) is 7.90. The molecule has 0 spiro atoms. The Morgan fingerprint density at radius 1 is 1.04 bits per heavy atom. The van der Waals surface area contributed by atoms with Crippen LogP contribution in [0.25, 0.3) is 0 Å². The number of benzene rings is 1. The summed E-state index contributed by atoms with van der Waals surface area (Å²) in [5.41, 5.74) is 1.97. The van der Waals surface area contributed by atoms with Crippen LogP contribution < -0.4 is 15.5 Å². The highest BCUT2D eigenvalue weighted by Gasteiger charge is 2.26. The molecule has 148 valence electrons. The number of anilines is 1. The molecule has 4 rings (SSSR count). The van der Waals surface area contributed by atoms with Crippen molar-refractivity contribution in [3.63, 3.8) is 0 Å². The molecular weight excluding hydrogens is 348 g/mol. The molecule has 1 aromatic heterocycles. The third kappa shape index (κ3) is 4.53. The Morgan fingerprint density at radius 3 is 2.61 bits per heavy atom. The maximum Gasteiger partial charge on any atom is 0.255 e. The first-order valence-corrected chi connectivity index (χ1v) is 10.6. The summed E-state index contributed by atoms with van der Waals surface area (Å²) in [5.74, 6) is 0.820. The van der Waals surface area contributed by atoms with E-state index in [1.807, 2.05) is 18.2 Å². The summed E-state index contributed by atoms with van der Waals surface area (Å²) in [5, 5.41) is 6.86. The molecule has 1 atom stereocenters. The van der Waals surface area contributed by atoms with Crippen molar-refractivity contribution >= 4 is 11.7 Å². The molecule has 2 N–H and O–H groups in total. The average Bonchev–Trinajstić information content (AvgIpc) is 3.03. The minimum Gasteiger partial charge on any atom is -0.353 e. The lowest BCUT2D eigenvalue weighted by atomic mass is 10.0. The van der Waals surface area contributed by atoms with Crippen molar-refractivity contribution < 1.29 is 4.79 Å². The third-order valence-electron chi connectivity index (χ3n) is 5.90. The van der Waals surface area contributed by atoms with Crippen LogP contribution >= 0.6 is 0 Å². The van der Waals surface area contributed by atoms with Gasteiger partial charge in [0.05, 0.1) is 5.56 Å². The molecule has 1 aliphatic carbocycles. The summed E-state index contributed by atoms with van der Waals surface area (Å²) < 4.78 is 0. The second kappa shape index (κ2) is 9.20. The molecule has 2 aromatic rings. The van der Waals surface area contributed by atoms with Crippen molar-refractivity contribution in [2.24, 2.45) is 0 Å². The van der Waals surface area contributed by atoms with Crippen molar-refractivity contribution in [3.8, 4) is 0 Å². The van der Waals surface area contributed by atoms with E-state index in [0.29, 0.717) is 11.6 Å². The Kier molecular flexibility index (Phi) is 6.22. The van der Waals surface area contributed by atoms with Crippen molar-refractivity contribution in [2.45, 2.75) is 50.6 Å². The molecule has 1 saturated carbocycles. The van der Waals surface area contributed by atoms with E-state index in [4.69, 9.17) is 0 Å². The maximum absolute atomic E-state index is 13.0. The number of hydrogen-bond donors (Lipinski definition) is 2. The number of pyridine rings is 1. The molecule has 2 fully saturated rings. The van der Waals surface area contributed by atoms with Gasteiger partial charge >= 0.3 is 0 Å². The molecule has 1 saturated heterocycles. The van der Waals surface area contributed by atoms with Crippen LogP contribution in [0.1, 0.15) is 60.5 Å². The zero-order chi connectivity index (χ0) is 19.2. The molecule has 1 aromatic carbocycles. The van der Waals surface area contributed by atoms with Crippen LogP contribution in [0.4, 0.5) is 5.82 Å². The van der Waals surface area contributed by atoms with E-state index in [-0.39, 0.29) is 11.9 Å². The highest BCUT2D eigenvalue weighted by Crippen LogP contribution is 2.24. The van der Waals surface area contributed by atoms with E-state index in [1.165, 1.54) is 31.2 Å². The van der Waals surface area contributed by atoms with Crippen LogP contribution in [0.5, 0.6) is 0 Å². The van der Waals surface area contributed by atoms with Gasteiger partial charge in [0.15, 0.2) is 0 Å². The summed E-state index contributed by atoms with van der Waals surface area (Å²) in [4.78, 5) is 19.9. The molecular formula is C23H30N4O. The smallest absolute Gasteiger partial charge is 0.255 e. The standard InChI is InChI=1S/C23H30N4O/c28-23(26-19-11-6-1-2-7-12-19)20-13-8-14-25-22(20)27-16-15-24-21(17-27)18-9-4-3-5-10-18/h3-5,8-10,13-14,19,21,24H,1-2,6-7,11-12,15-17H2,(H,26,28)/t21-/m0/s1. The number of aromatic nitrogens is 1. The molecule has 0 bridgehead atoms. The summed E-state index contributed by atoms with van der Waals surface area (Å²) in [6, 6.07) is 14.8. The lowest BCUT2D eigenvalue weighted by Gasteiger charge is -2.35. The van der Waals surface area contributed by atoms with Crippen molar-refractivity contribution in [1.82, 2.24) is 15.6 Å². The third-order valence-corrected chi connectivity index (χ3v) is 5.90. The van der Waals surface area contributed by atoms with Crippen LogP contribution in [0, 0.1) is 0 Å². The van der Waals surface area contributed by atoms with Crippen LogP contribution in [-0.4, -0.2) is 36.6 Å². The Hall–Kier alpha value is -2.40. The average molecular weight is 379 g/mol. The van der Waals surface area contributed by atoms with Crippen molar-refractivity contribution in [3.05, 3.63) is 59.8 Å². The van der Waals surface area contributed by atoms with Gasteiger partial charge in [-0.2, -0.15) is 0 Å². The molecule has 0 radical (unpaired) electrons. The lowest BCUT2D eigenvalue weighted by Crippen LogP contribution is -2.47. The van der Waals surface area contributed by atoms with E-state index in [9.17, 15) is 4.79 Å². The van der Waals surface area contributed by atoms with Gasteiger partial charge in [-0.05, 0) is 30.5 Å². The van der Waals surface area contributed by atoms with Gasteiger partial charge < -0.3 is 15.5 Å². The first-order chi connectivity index (χ1) is 13.8. The number of amides is 1. The van der Waals surface area contributed by atoms with E-state index in [0.717, 1.165) is 38.3 Å². The summed E-state index contributed by atoms with van der Waals surface area (Å²) >= 11 is 0. The first kappa shape index (κ1) is 18.9. The normalized spacial score (nSPS) is 21.1. The number of piperazine rings is 1. The number of rotatable bonds is 4. The highest BCUT2D eigenvalue weighted by atomic mass is 16.1. The topological polar surface area (TPSA) is 57.3 Å². The summed E-state index contributed by atoms with van der Waals surface area (Å²) in [6.45, 7) is 2.54. The van der Waals surface area contributed by atoms with Crippen LogP contribution in [0.15, 0.2) is 48.7 Å². The Balaban J connectivity index is 1.49. The quantitative estimate of drug-likeness (QED) is 0.797. The largest absolute Gasteiger partial charge is 0.353 e. The van der Waals surface area contributed by atoms with E-state index in [2.05, 4.69) is 44.8 Å². The summed E-state index contributed by atoms with van der Waals surface area (Å²) in [7, 11) is 0. The van der Waals surface area contributed by atoms with Gasteiger partial charge in [-0.15, -0.1) is 0 Å². The number of nitrogens with zero attached hydrogens (tertiary/aromatic N) is 2. The summed E-state index contributed by atoms with van der Waals surface area (Å²) in [6.07, 6.45) is 8.95. The van der Waals surface area contributed by atoms with Crippen LogP contribution in [0.3, 0.4) is 0 Å². The number of hydrogen-bond acceptors (Lipinski definition) is 4. The second-order valence-corrected chi connectivity index (χ2v) is 7.90. The Bertz CT molecular complexity index is 771. The molecule has 1 amide bonds. The van der Waals surface area contributed by atoms with Gasteiger partial charge in [0.25, 0.3) is 5.91 Å². The molecule has 1 aliphatic heterocycles. The molecule has 2 heterocycles. The SMILES string of the molecule is O=C(NC1CCCCCC1)c1cccnc1N1CCN[C@H](c2ccccc2)C1. The minimum atomic E-state index is 0.0183. The zero-order valence-corrected chi connectivity index (χ0v) is 16.4. The molecule has 2 aliphatic rings. The van der Waals surface area contributed by atoms with Crippen LogP contribution in [0.2, 0.25) is 0 Å². The van der Waals surface area contributed by atoms with E-state index in [1.54, 1.807) is 6.20 Å². The molecule has 5 nitrogen and oxygen atoms in total. The van der Waals surface area contributed by atoms with Crippen molar-refractivity contribution in [1.29, 1.82) is 0 Å². The van der Waals surface area contributed by atoms with Gasteiger partial charge in [-0.3, -0.25) is 4.79 Å². The van der Waals surface area contributed by atoms with Gasteiger partial charge in [0.2, 0.25) is 0 Å². The van der Waals surface area contributed by atoms with Crippen LogP contribution in [-0.2, 0) is 0 Å². The fourth-order valence-corrected chi connectivity index (χ4v) is 4.36. The predicted octanol–water partition coefficient (Wildman–Crippen LogP) is 3.69. The minimum absolute atomic E-state index is 0.0183. The highest BCUT2D eigenvalue weighted by molar-refractivity contribution is 5.99. The molecule has 28 heavy (non-hydrogen) atoms. The number of carbonyl (C=O) groups excluding carboxylic acids is 1. The predicted molar refractivity (Wildman–Crippen MR) is 113 cm³/mol. The van der Waals surface area contributed by atoms with Gasteiger partial charge in [0.1, 0.15) is 5.82 Å². The van der Waals surface area contributed by atoms with Gasteiger partial charge in [-0.25, -0.2) is 4.98 Å². The molecule has 0 unspecified atom stereocenters. The Labute approximate surface area is 167 Å². The maximum atomic E-state index is 13.0.